The van der Waals surface area contributed by atoms with Gasteiger partial charge in [0.25, 0.3) is 5.56 Å². The molecule has 2 fully saturated rings. The number of nitrogens with zero attached hydrogens (tertiary/aromatic N) is 4. The van der Waals surface area contributed by atoms with Crippen LogP contribution in [0.25, 0.3) is 5.65 Å². The predicted octanol–water partition coefficient (Wildman–Crippen LogP) is 2.64. The first-order chi connectivity index (χ1) is 14.0. The molecule has 3 aliphatic rings. The maximum Gasteiger partial charge on any atom is 0.277 e. The van der Waals surface area contributed by atoms with Crippen molar-refractivity contribution in [2.24, 2.45) is 5.92 Å². The van der Waals surface area contributed by atoms with Gasteiger partial charge in [0, 0.05) is 44.1 Å². The van der Waals surface area contributed by atoms with Crippen LogP contribution in [0.2, 0.25) is 0 Å². The lowest BCUT2D eigenvalue weighted by Crippen LogP contribution is -2.41. The van der Waals surface area contributed by atoms with Crippen molar-refractivity contribution in [3.8, 4) is 0 Å². The first-order valence-corrected chi connectivity index (χ1v) is 11.2. The summed E-state index contributed by atoms with van der Waals surface area (Å²) in [6.07, 6.45) is 7.87. The Bertz CT molecular complexity index is 985. The van der Waals surface area contributed by atoms with Gasteiger partial charge in [0.1, 0.15) is 0 Å². The molecule has 5 rings (SSSR count). The van der Waals surface area contributed by atoms with Gasteiger partial charge in [0.05, 0.1) is 23.0 Å². The van der Waals surface area contributed by atoms with E-state index in [0.717, 1.165) is 49.3 Å². The SMILES string of the molecule is CC(C)C(=O)N1CCC[C@@H]1c1cc2nc3c(c(=O)n2[nH]1)CN(C1CCCC1)CC3. The summed E-state index contributed by atoms with van der Waals surface area (Å²) >= 11 is 0. The van der Waals surface area contributed by atoms with E-state index in [1.54, 1.807) is 4.52 Å². The van der Waals surface area contributed by atoms with E-state index in [9.17, 15) is 9.59 Å². The molecule has 4 heterocycles. The molecular weight excluding hydrogens is 366 g/mol. The Morgan fingerprint density at radius 1 is 1.17 bits per heavy atom. The van der Waals surface area contributed by atoms with Crippen molar-refractivity contribution in [3.63, 3.8) is 0 Å². The zero-order valence-corrected chi connectivity index (χ0v) is 17.5. The van der Waals surface area contributed by atoms with Gasteiger partial charge >= 0.3 is 0 Å². The number of aromatic amines is 1. The molecule has 1 saturated carbocycles. The van der Waals surface area contributed by atoms with Crippen molar-refractivity contribution in [1.82, 2.24) is 24.4 Å². The van der Waals surface area contributed by atoms with Gasteiger partial charge in [-0.15, -0.1) is 0 Å². The summed E-state index contributed by atoms with van der Waals surface area (Å²) in [5.41, 5.74) is 3.43. The summed E-state index contributed by atoms with van der Waals surface area (Å²) in [5, 5.41) is 3.29. The summed E-state index contributed by atoms with van der Waals surface area (Å²) < 4.78 is 1.60. The molecule has 7 heteroatoms. The second-order valence-electron chi connectivity index (χ2n) is 9.25. The summed E-state index contributed by atoms with van der Waals surface area (Å²) in [5.74, 6) is 0.160. The van der Waals surface area contributed by atoms with Gasteiger partial charge in [-0.25, -0.2) is 9.50 Å². The van der Waals surface area contributed by atoms with Gasteiger partial charge < -0.3 is 4.90 Å². The molecule has 1 amide bonds. The van der Waals surface area contributed by atoms with Crippen LogP contribution in [0.3, 0.4) is 0 Å². The maximum atomic E-state index is 13.3. The molecular formula is C22H31N5O2. The molecule has 7 nitrogen and oxygen atoms in total. The number of amides is 1. The summed E-state index contributed by atoms with van der Waals surface area (Å²) in [6.45, 7) is 6.38. The van der Waals surface area contributed by atoms with E-state index in [4.69, 9.17) is 4.98 Å². The lowest BCUT2D eigenvalue weighted by atomic mass is 10.0. The first-order valence-electron chi connectivity index (χ1n) is 11.2. The fourth-order valence-corrected chi connectivity index (χ4v) is 5.46. The van der Waals surface area contributed by atoms with E-state index in [-0.39, 0.29) is 23.4 Å². The molecule has 156 valence electrons. The molecule has 2 aliphatic heterocycles. The zero-order chi connectivity index (χ0) is 20.1. The smallest absolute Gasteiger partial charge is 0.277 e. The van der Waals surface area contributed by atoms with Crippen molar-refractivity contribution in [2.45, 2.75) is 77.4 Å². The molecule has 1 aliphatic carbocycles. The van der Waals surface area contributed by atoms with E-state index in [0.29, 0.717) is 18.2 Å². The number of rotatable bonds is 3. The number of carbonyl (C=O) groups excluding carboxylic acids is 1. The van der Waals surface area contributed by atoms with Gasteiger partial charge in [0.15, 0.2) is 5.65 Å². The number of likely N-dealkylation sites (tertiary alicyclic amines) is 1. The molecule has 1 atom stereocenters. The second kappa shape index (κ2) is 7.27. The van der Waals surface area contributed by atoms with E-state index in [1.165, 1.54) is 25.7 Å². The highest BCUT2D eigenvalue weighted by molar-refractivity contribution is 5.78. The van der Waals surface area contributed by atoms with E-state index in [1.807, 2.05) is 24.8 Å². The van der Waals surface area contributed by atoms with Crippen molar-refractivity contribution < 1.29 is 4.79 Å². The predicted molar refractivity (Wildman–Crippen MR) is 111 cm³/mol. The van der Waals surface area contributed by atoms with E-state index in [2.05, 4.69) is 10.00 Å². The van der Waals surface area contributed by atoms with Crippen LogP contribution in [-0.4, -0.2) is 49.4 Å². The van der Waals surface area contributed by atoms with E-state index >= 15 is 0 Å². The summed E-state index contributed by atoms with van der Waals surface area (Å²) in [4.78, 5) is 35.2. The lowest BCUT2D eigenvalue weighted by molar-refractivity contribution is -0.135. The number of H-pyrrole nitrogens is 1. The fourth-order valence-electron chi connectivity index (χ4n) is 5.46. The third-order valence-electron chi connectivity index (χ3n) is 7.04. The standard InChI is InChI=1S/C22H31N5O2/c1-14(2)21(28)26-10-5-8-19(26)18-12-20-23-17-9-11-25(15-6-3-4-7-15)13-16(17)22(29)27(20)24-18/h12,14-15,19,24H,3-11,13H2,1-2H3/t19-/m1/s1. The number of nitrogens with one attached hydrogen (secondary N) is 1. The van der Waals surface area contributed by atoms with Crippen LogP contribution in [-0.2, 0) is 17.8 Å². The molecule has 2 aromatic rings. The minimum atomic E-state index is -0.0188. The molecule has 1 N–H and O–H groups in total. The minimum Gasteiger partial charge on any atom is -0.334 e. The summed E-state index contributed by atoms with van der Waals surface area (Å²) in [7, 11) is 0. The molecule has 0 unspecified atom stereocenters. The molecule has 1 saturated heterocycles. The van der Waals surface area contributed by atoms with Crippen LogP contribution in [0.4, 0.5) is 0 Å². The summed E-state index contributed by atoms with van der Waals surface area (Å²) in [6, 6.07) is 2.61. The van der Waals surface area contributed by atoms with Crippen LogP contribution in [0, 0.1) is 5.92 Å². The second-order valence-corrected chi connectivity index (χ2v) is 9.25. The normalized spacial score (nSPS) is 23.4. The molecule has 2 aromatic heterocycles. The minimum absolute atomic E-state index is 0.0121. The van der Waals surface area contributed by atoms with Crippen LogP contribution >= 0.6 is 0 Å². The Balaban J connectivity index is 1.48. The van der Waals surface area contributed by atoms with Crippen molar-refractivity contribution in [2.75, 3.05) is 13.1 Å². The largest absolute Gasteiger partial charge is 0.334 e. The van der Waals surface area contributed by atoms with Crippen LogP contribution in [0.15, 0.2) is 10.9 Å². The van der Waals surface area contributed by atoms with Crippen molar-refractivity contribution in [1.29, 1.82) is 0 Å². The van der Waals surface area contributed by atoms with Gasteiger partial charge in [-0.2, -0.15) is 0 Å². The highest BCUT2D eigenvalue weighted by Crippen LogP contribution is 2.33. The topological polar surface area (TPSA) is 73.7 Å². The first kappa shape index (κ1) is 18.9. The maximum absolute atomic E-state index is 13.3. The Morgan fingerprint density at radius 3 is 2.72 bits per heavy atom. The lowest BCUT2D eigenvalue weighted by Gasteiger charge is -2.32. The molecule has 0 bridgehead atoms. The van der Waals surface area contributed by atoms with Crippen molar-refractivity contribution >= 4 is 11.6 Å². The van der Waals surface area contributed by atoms with Gasteiger partial charge in [-0.3, -0.25) is 19.6 Å². The van der Waals surface area contributed by atoms with Gasteiger partial charge in [-0.1, -0.05) is 26.7 Å². The molecule has 29 heavy (non-hydrogen) atoms. The van der Waals surface area contributed by atoms with Gasteiger partial charge in [-0.05, 0) is 25.7 Å². The average molecular weight is 398 g/mol. The average Bonchev–Trinajstić information content (AvgIpc) is 3.46. The van der Waals surface area contributed by atoms with Crippen LogP contribution < -0.4 is 5.56 Å². The third-order valence-corrected chi connectivity index (χ3v) is 7.04. The Labute approximate surface area is 171 Å². The Hall–Kier alpha value is -2.15. The monoisotopic (exact) mass is 397 g/mol. The van der Waals surface area contributed by atoms with Crippen LogP contribution in [0.1, 0.15) is 75.4 Å². The number of aromatic nitrogens is 3. The number of hydrogen-bond donors (Lipinski definition) is 1. The highest BCUT2D eigenvalue weighted by atomic mass is 16.2. The highest BCUT2D eigenvalue weighted by Gasteiger charge is 2.33. The van der Waals surface area contributed by atoms with E-state index < -0.39 is 0 Å². The molecule has 0 aromatic carbocycles. The Morgan fingerprint density at radius 2 is 1.97 bits per heavy atom. The fraction of sp³-hybridized carbons (Fsp3) is 0.682. The van der Waals surface area contributed by atoms with Gasteiger partial charge in [0.2, 0.25) is 5.91 Å². The third kappa shape index (κ3) is 3.19. The quantitative estimate of drug-likeness (QED) is 0.864. The molecule has 0 radical (unpaired) electrons. The van der Waals surface area contributed by atoms with Crippen molar-refractivity contribution in [3.05, 3.63) is 33.4 Å². The number of carbonyl (C=O) groups is 1. The Kier molecular flexibility index (Phi) is 4.73. The zero-order valence-electron chi connectivity index (χ0n) is 17.5. The number of fused-ring (bicyclic) bond motifs is 2. The van der Waals surface area contributed by atoms with Crippen LogP contribution in [0.5, 0.6) is 0 Å². The molecule has 0 spiro atoms. The number of hydrogen-bond acceptors (Lipinski definition) is 4.